The molecule has 0 bridgehead atoms. The first-order valence-corrected chi connectivity index (χ1v) is 6.95. The van der Waals surface area contributed by atoms with E-state index in [-0.39, 0.29) is 5.69 Å². The summed E-state index contributed by atoms with van der Waals surface area (Å²) in [6, 6.07) is 7.25. The van der Waals surface area contributed by atoms with Crippen molar-refractivity contribution in [2.24, 2.45) is 5.92 Å². The molecule has 6 heteroatoms. The van der Waals surface area contributed by atoms with Gasteiger partial charge in [0.05, 0.1) is 12.1 Å². The van der Waals surface area contributed by atoms with Crippen molar-refractivity contribution in [3.8, 4) is 5.75 Å². The number of hydrogen-bond acceptors (Lipinski definition) is 5. The molecular weight excluding hydrogens is 272 g/mol. The molecule has 1 fully saturated rings. The molecule has 1 saturated heterocycles. The highest BCUT2D eigenvalue weighted by Crippen LogP contribution is 2.28. The summed E-state index contributed by atoms with van der Waals surface area (Å²) >= 11 is 0. The Morgan fingerprint density at radius 2 is 2.05 bits per heavy atom. The van der Waals surface area contributed by atoms with Crippen molar-refractivity contribution in [3.05, 3.63) is 30.0 Å². The van der Waals surface area contributed by atoms with E-state index >= 15 is 0 Å². The van der Waals surface area contributed by atoms with E-state index in [4.69, 9.17) is 9.47 Å². The van der Waals surface area contributed by atoms with Gasteiger partial charge in [0.15, 0.2) is 5.75 Å². The lowest BCUT2D eigenvalue weighted by molar-refractivity contribution is 0.0491. The van der Waals surface area contributed by atoms with Crippen molar-refractivity contribution in [3.63, 3.8) is 0 Å². The maximum absolute atomic E-state index is 11.3. The molecule has 0 saturated carbocycles. The largest absolute Gasteiger partial charge is 0.490 e. The van der Waals surface area contributed by atoms with Crippen LogP contribution in [0.5, 0.6) is 5.75 Å². The fraction of sp³-hybridized carbons (Fsp3) is 0.400. The molecule has 2 aromatic rings. The minimum Gasteiger partial charge on any atom is -0.490 e. The van der Waals surface area contributed by atoms with E-state index in [1.807, 2.05) is 12.1 Å². The number of carboxylic acids is 1. The van der Waals surface area contributed by atoms with Gasteiger partial charge in [-0.05, 0) is 30.9 Å². The minimum atomic E-state index is -1.13. The van der Waals surface area contributed by atoms with Crippen molar-refractivity contribution in [1.29, 1.82) is 0 Å². The molecule has 2 heterocycles. The van der Waals surface area contributed by atoms with Gasteiger partial charge in [-0.15, -0.1) is 10.2 Å². The number of hydrogen-bond donors (Lipinski definition) is 1. The van der Waals surface area contributed by atoms with Crippen LogP contribution in [-0.2, 0) is 4.74 Å². The summed E-state index contributed by atoms with van der Waals surface area (Å²) in [6.45, 7) is 1.93. The molecule has 0 amide bonds. The van der Waals surface area contributed by atoms with Gasteiger partial charge in [0, 0.05) is 18.6 Å². The normalized spacial score (nSPS) is 16.0. The van der Waals surface area contributed by atoms with Gasteiger partial charge in [-0.2, -0.15) is 0 Å². The Labute approximate surface area is 121 Å². The van der Waals surface area contributed by atoms with E-state index in [0.717, 1.165) is 26.1 Å². The number of aromatic carboxylic acids is 1. The van der Waals surface area contributed by atoms with Crippen LogP contribution in [0, 0.1) is 5.92 Å². The van der Waals surface area contributed by atoms with Crippen LogP contribution in [-0.4, -0.2) is 41.1 Å². The zero-order chi connectivity index (χ0) is 14.7. The molecular formula is C15H16N2O4. The Morgan fingerprint density at radius 3 is 2.81 bits per heavy atom. The number of rotatable bonds is 4. The second-order valence-electron chi connectivity index (χ2n) is 5.07. The van der Waals surface area contributed by atoms with Crippen LogP contribution in [0.25, 0.3) is 10.9 Å². The molecule has 1 N–H and O–H groups in total. The topological polar surface area (TPSA) is 81.5 Å². The number of carbonyl (C=O) groups is 1. The quantitative estimate of drug-likeness (QED) is 0.928. The molecule has 1 aliphatic heterocycles. The zero-order valence-corrected chi connectivity index (χ0v) is 11.5. The van der Waals surface area contributed by atoms with Gasteiger partial charge >= 0.3 is 5.97 Å². The van der Waals surface area contributed by atoms with Crippen molar-refractivity contribution in [2.75, 3.05) is 19.8 Å². The van der Waals surface area contributed by atoms with Crippen molar-refractivity contribution in [2.45, 2.75) is 12.8 Å². The standard InChI is InChI=1S/C15H16N2O4/c18-15(19)13-14(21-9-10-5-7-20-8-6-10)11-3-1-2-4-12(11)16-17-13/h1-4,10H,5-9H2,(H,18,19). The molecule has 110 valence electrons. The van der Waals surface area contributed by atoms with Crippen LogP contribution in [0.15, 0.2) is 24.3 Å². The third-order valence-corrected chi connectivity index (χ3v) is 3.63. The number of aromatic nitrogens is 2. The summed E-state index contributed by atoms with van der Waals surface area (Å²) in [7, 11) is 0. The molecule has 1 aromatic carbocycles. The smallest absolute Gasteiger partial charge is 0.360 e. The fourth-order valence-corrected chi connectivity index (χ4v) is 2.43. The number of fused-ring (bicyclic) bond motifs is 1. The van der Waals surface area contributed by atoms with Crippen molar-refractivity contribution >= 4 is 16.9 Å². The lowest BCUT2D eigenvalue weighted by atomic mass is 10.0. The first-order chi connectivity index (χ1) is 10.3. The monoisotopic (exact) mass is 288 g/mol. The second kappa shape index (κ2) is 6.05. The Hall–Kier alpha value is -2.21. The van der Waals surface area contributed by atoms with Gasteiger partial charge in [0.2, 0.25) is 5.69 Å². The van der Waals surface area contributed by atoms with Crippen LogP contribution in [0.1, 0.15) is 23.3 Å². The van der Waals surface area contributed by atoms with Gasteiger partial charge in [-0.25, -0.2) is 4.79 Å². The second-order valence-corrected chi connectivity index (χ2v) is 5.07. The Kier molecular flexibility index (Phi) is 3.96. The van der Waals surface area contributed by atoms with Crippen LogP contribution in [0.3, 0.4) is 0 Å². The average molecular weight is 288 g/mol. The first kappa shape index (κ1) is 13.8. The first-order valence-electron chi connectivity index (χ1n) is 6.95. The molecule has 1 aliphatic rings. The Morgan fingerprint density at radius 1 is 1.29 bits per heavy atom. The maximum Gasteiger partial charge on any atom is 0.360 e. The summed E-state index contributed by atoms with van der Waals surface area (Å²) in [6.07, 6.45) is 1.86. The van der Waals surface area contributed by atoms with Crippen LogP contribution < -0.4 is 4.74 Å². The van der Waals surface area contributed by atoms with Gasteiger partial charge in [-0.1, -0.05) is 12.1 Å². The fourth-order valence-electron chi connectivity index (χ4n) is 2.43. The zero-order valence-electron chi connectivity index (χ0n) is 11.5. The third kappa shape index (κ3) is 2.95. The molecule has 0 radical (unpaired) electrons. The lowest BCUT2D eigenvalue weighted by Crippen LogP contribution is -2.22. The van der Waals surface area contributed by atoms with Gasteiger partial charge < -0.3 is 14.6 Å². The number of benzene rings is 1. The molecule has 21 heavy (non-hydrogen) atoms. The molecule has 0 atom stereocenters. The summed E-state index contributed by atoms with van der Waals surface area (Å²) < 4.78 is 11.1. The van der Waals surface area contributed by atoms with E-state index < -0.39 is 5.97 Å². The lowest BCUT2D eigenvalue weighted by Gasteiger charge is -2.22. The van der Waals surface area contributed by atoms with Crippen LogP contribution in [0.4, 0.5) is 0 Å². The minimum absolute atomic E-state index is 0.138. The Balaban J connectivity index is 1.90. The third-order valence-electron chi connectivity index (χ3n) is 3.63. The Bertz CT molecular complexity index is 653. The predicted octanol–water partition coefficient (Wildman–Crippen LogP) is 2.13. The summed E-state index contributed by atoms with van der Waals surface area (Å²) in [5, 5.41) is 17.6. The number of carboxylic acid groups (broad SMARTS) is 1. The van der Waals surface area contributed by atoms with E-state index in [1.165, 1.54) is 0 Å². The highest BCUT2D eigenvalue weighted by atomic mass is 16.5. The summed E-state index contributed by atoms with van der Waals surface area (Å²) in [4.78, 5) is 11.3. The van der Waals surface area contributed by atoms with E-state index in [1.54, 1.807) is 12.1 Å². The molecule has 6 nitrogen and oxygen atoms in total. The summed E-state index contributed by atoms with van der Waals surface area (Å²) in [5.74, 6) is -0.442. The molecule has 3 rings (SSSR count). The van der Waals surface area contributed by atoms with Gasteiger partial charge in [0.1, 0.15) is 0 Å². The number of nitrogens with zero attached hydrogens (tertiary/aromatic N) is 2. The molecule has 0 aliphatic carbocycles. The van der Waals surface area contributed by atoms with E-state index in [2.05, 4.69) is 10.2 Å². The highest BCUT2D eigenvalue weighted by molar-refractivity contribution is 5.96. The molecule has 1 aromatic heterocycles. The van der Waals surface area contributed by atoms with Gasteiger partial charge in [-0.3, -0.25) is 0 Å². The number of ether oxygens (including phenoxy) is 2. The summed E-state index contributed by atoms with van der Waals surface area (Å²) in [5.41, 5.74) is 0.491. The predicted molar refractivity (Wildman–Crippen MR) is 75.5 cm³/mol. The van der Waals surface area contributed by atoms with Crippen molar-refractivity contribution < 1.29 is 19.4 Å². The SMILES string of the molecule is O=C(O)c1nnc2ccccc2c1OCC1CCOCC1. The van der Waals surface area contributed by atoms with Gasteiger partial charge in [0.25, 0.3) is 0 Å². The molecule has 0 spiro atoms. The van der Waals surface area contributed by atoms with Crippen molar-refractivity contribution in [1.82, 2.24) is 10.2 Å². The maximum atomic E-state index is 11.3. The van der Waals surface area contributed by atoms with Crippen LogP contribution >= 0.6 is 0 Å². The van der Waals surface area contributed by atoms with E-state index in [0.29, 0.717) is 29.2 Å². The highest BCUT2D eigenvalue weighted by Gasteiger charge is 2.20. The molecule has 0 unspecified atom stereocenters. The van der Waals surface area contributed by atoms with Crippen LogP contribution in [0.2, 0.25) is 0 Å². The average Bonchev–Trinajstić information content (AvgIpc) is 2.53. The van der Waals surface area contributed by atoms with E-state index in [9.17, 15) is 9.90 Å².